The first-order valence-electron chi connectivity index (χ1n) is 22.4. The number of carbonyl (C=O) groups is 4. The summed E-state index contributed by atoms with van der Waals surface area (Å²) in [5, 5.41) is 7.83. The highest BCUT2D eigenvalue weighted by Crippen LogP contribution is 2.42. The van der Waals surface area contributed by atoms with Crippen LogP contribution in [-0.4, -0.2) is 124 Å². The third-order valence-electron chi connectivity index (χ3n) is 12.0. The van der Waals surface area contributed by atoms with Gasteiger partial charge < -0.3 is 29.0 Å². The number of rotatable bonds is 18. The van der Waals surface area contributed by atoms with Crippen LogP contribution in [0.1, 0.15) is 98.0 Å². The van der Waals surface area contributed by atoms with Crippen molar-refractivity contribution in [1.82, 2.24) is 39.5 Å². The summed E-state index contributed by atoms with van der Waals surface area (Å²) in [6, 6.07) is 9.14. The molecule has 5 heterocycles. The Labute approximate surface area is 393 Å². The lowest BCUT2D eigenvalue weighted by atomic mass is 9.84. The van der Waals surface area contributed by atoms with Crippen LogP contribution in [0.3, 0.4) is 0 Å². The fourth-order valence-corrected chi connectivity index (χ4v) is 10.5. The highest BCUT2D eigenvalue weighted by Gasteiger charge is 2.37. The van der Waals surface area contributed by atoms with E-state index < -0.39 is 16.7 Å². The van der Waals surface area contributed by atoms with Crippen LogP contribution in [0.5, 0.6) is 0 Å². The Kier molecular flexibility index (Phi) is 18.0. The van der Waals surface area contributed by atoms with Gasteiger partial charge in [0.15, 0.2) is 0 Å². The van der Waals surface area contributed by atoms with Crippen molar-refractivity contribution in [2.24, 2.45) is 11.3 Å². The van der Waals surface area contributed by atoms with E-state index >= 15 is 0 Å². The number of pyridine rings is 1. The number of carbonyl (C=O) groups excluding carboxylic acids is 4. The van der Waals surface area contributed by atoms with Gasteiger partial charge in [-0.1, -0.05) is 41.2 Å². The van der Waals surface area contributed by atoms with E-state index in [-0.39, 0.29) is 62.4 Å². The van der Waals surface area contributed by atoms with E-state index in [2.05, 4.69) is 60.3 Å². The smallest absolute Gasteiger partial charge is 0.330 e. The second kappa shape index (κ2) is 22.8. The predicted molar refractivity (Wildman–Crippen MR) is 259 cm³/mol. The number of aryl methyl sites for hydroxylation is 1. The summed E-state index contributed by atoms with van der Waals surface area (Å²) in [6.07, 6.45) is 4.16. The first kappa shape index (κ1) is 51.4. The Morgan fingerprint density at radius 1 is 1.14 bits per heavy atom. The number of methoxy groups -OCH3 is 1. The van der Waals surface area contributed by atoms with E-state index in [4.69, 9.17) is 24.2 Å². The molecule has 2 saturated heterocycles. The molecule has 65 heavy (non-hydrogen) atoms. The van der Waals surface area contributed by atoms with Crippen molar-refractivity contribution in [3.63, 3.8) is 0 Å². The number of nitrogens with one attached hydrogen (secondary N) is 2. The summed E-state index contributed by atoms with van der Waals surface area (Å²) in [4.78, 5) is 65.2. The third kappa shape index (κ3) is 11.9. The second-order valence-corrected chi connectivity index (χ2v) is 20.3. The largest absolute Gasteiger partial charge is 0.467 e. The highest BCUT2D eigenvalue weighted by molar-refractivity contribution is 7.98. The Balaban J connectivity index is 0.00000793. The van der Waals surface area contributed by atoms with Gasteiger partial charge in [0.1, 0.15) is 11.3 Å². The maximum Gasteiger partial charge on any atom is 0.330 e. The minimum Gasteiger partial charge on any atom is -0.467 e. The van der Waals surface area contributed by atoms with Crippen LogP contribution in [0.4, 0.5) is 4.79 Å². The molecule has 15 nitrogen and oxygen atoms in total. The molecular weight excluding hydrogens is 865 g/mol. The van der Waals surface area contributed by atoms with Crippen LogP contribution in [0.15, 0.2) is 41.9 Å². The van der Waals surface area contributed by atoms with Crippen LogP contribution in [0.2, 0.25) is 0 Å². The molecule has 17 heteroatoms. The molecule has 5 unspecified atom stereocenters. The average Bonchev–Trinajstić information content (AvgIpc) is 3.88. The molecule has 356 valence electrons. The molecule has 0 spiro atoms. The number of morpholine rings is 1. The zero-order chi connectivity index (χ0) is 46.3. The fraction of sp³-hybridized carbons (Fsp3) is 0.583. The molecular formula is C48H70N8O7S2. The normalized spacial score (nSPS) is 18.2. The summed E-state index contributed by atoms with van der Waals surface area (Å²) < 4.78 is 20.6. The molecule has 0 saturated carbocycles. The minimum atomic E-state index is -0.895. The quantitative estimate of drug-likeness (QED) is 0.0737. The number of ether oxygens (including phenoxy) is 3. The lowest BCUT2D eigenvalue weighted by Gasteiger charge is -2.41. The van der Waals surface area contributed by atoms with Crippen molar-refractivity contribution in [1.29, 1.82) is 0 Å². The van der Waals surface area contributed by atoms with Crippen molar-refractivity contribution in [2.75, 3.05) is 47.1 Å². The Hall–Kier alpha value is -4.55. The van der Waals surface area contributed by atoms with Gasteiger partial charge in [-0.2, -0.15) is 0 Å². The number of benzene rings is 1. The summed E-state index contributed by atoms with van der Waals surface area (Å²) in [7, 11) is 3.38. The molecule has 3 aromatic heterocycles. The van der Waals surface area contributed by atoms with E-state index in [0.29, 0.717) is 50.7 Å². The zero-order valence-electron chi connectivity index (χ0n) is 39.0. The van der Waals surface area contributed by atoms with Crippen LogP contribution in [0, 0.1) is 11.3 Å². The van der Waals surface area contributed by atoms with Gasteiger partial charge in [-0.3, -0.25) is 28.7 Å². The first-order chi connectivity index (χ1) is 30.6. The number of hydrogen-bond donors (Lipinski definition) is 2. The van der Waals surface area contributed by atoms with E-state index in [1.807, 2.05) is 51.0 Å². The average molecular weight is 935 g/mol. The molecule has 5 atom stereocenters. The van der Waals surface area contributed by atoms with E-state index in [1.54, 1.807) is 25.4 Å². The summed E-state index contributed by atoms with van der Waals surface area (Å²) in [6.45, 7) is 19.7. The van der Waals surface area contributed by atoms with Crippen molar-refractivity contribution in [3.8, 4) is 22.5 Å². The SMILES string of the molecule is C.CCn1c(-c2cccnc2C(C)OC)c(CC(C)(C)COC=O)c2cc(-c3csc(CC(NC(=O)C(SN(C)C(=O)N4C(C)COCC4C)C(C)C)C(=O)N4CCCCN4)n3)ccc21. The zero-order valence-corrected chi connectivity index (χ0v) is 40.6. The Bertz CT molecular complexity index is 2250. The lowest BCUT2D eigenvalue weighted by molar-refractivity contribution is -0.140. The van der Waals surface area contributed by atoms with Gasteiger partial charge in [-0.15, -0.1) is 11.3 Å². The van der Waals surface area contributed by atoms with Gasteiger partial charge in [-0.05, 0) is 94.7 Å². The molecule has 0 aliphatic carbocycles. The number of amides is 4. The van der Waals surface area contributed by atoms with Crippen LogP contribution < -0.4 is 10.7 Å². The Morgan fingerprint density at radius 3 is 2.52 bits per heavy atom. The standard InChI is InChI=1S/C47H66N8O7S2.CH4/c1-11-53-39-17-16-33(21-35(39)36(23-47(7,8)27-62-28-56)42(53)34-15-14-18-48-41(34)32(6)60-10)38-26-63-40(50-38)22-37(45(58)54-20-13-12-19-49-54)51-44(57)43(29(2)3)64-52(9)46(59)55-30(4)24-61-25-31(55)5;/h14-18,21,26,28-32,37,43,49H,11-13,19-20,22-25,27H2,1-10H3,(H,51,57);1H4. The van der Waals surface area contributed by atoms with Crippen molar-refractivity contribution < 1.29 is 33.4 Å². The van der Waals surface area contributed by atoms with Crippen LogP contribution >= 0.6 is 23.3 Å². The van der Waals surface area contributed by atoms with Gasteiger partial charge in [0.05, 0.1) is 60.1 Å². The molecule has 4 aromatic rings. The summed E-state index contributed by atoms with van der Waals surface area (Å²) >= 11 is 2.63. The predicted octanol–water partition coefficient (Wildman–Crippen LogP) is 7.92. The number of hydrazine groups is 1. The van der Waals surface area contributed by atoms with Crippen LogP contribution in [0.25, 0.3) is 33.4 Å². The number of thiazole rings is 1. The molecule has 2 N–H and O–H groups in total. The molecule has 1 aromatic carbocycles. The Morgan fingerprint density at radius 2 is 1.88 bits per heavy atom. The van der Waals surface area contributed by atoms with Crippen molar-refractivity contribution in [2.45, 2.75) is 125 Å². The minimum absolute atomic E-state index is 0. The monoisotopic (exact) mass is 934 g/mol. The summed E-state index contributed by atoms with van der Waals surface area (Å²) in [5.74, 6) is -0.688. The third-order valence-corrected chi connectivity index (χ3v) is 14.4. The lowest BCUT2D eigenvalue weighted by Crippen LogP contribution is -2.57. The van der Waals surface area contributed by atoms with Gasteiger partial charge in [0, 0.05) is 79.2 Å². The maximum atomic E-state index is 14.3. The van der Waals surface area contributed by atoms with Crippen LogP contribution in [-0.2, 0) is 48.0 Å². The number of nitrogens with zero attached hydrogens (tertiary/aromatic N) is 6. The fourth-order valence-electron chi connectivity index (χ4n) is 8.70. The molecule has 4 amide bonds. The number of hydrogen-bond acceptors (Lipinski definition) is 12. The first-order valence-corrected chi connectivity index (χ1v) is 24.1. The molecule has 0 bridgehead atoms. The number of fused-ring (bicyclic) bond motifs is 1. The van der Waals surface area contributed by atoms with E-state index in [0.717, 1.165) is 57.5 Å². The number of urea groups is 1. The second-order valence-electron chi connectivity index (χ2n) is 18.1. The van der Waals surface area contributed by atoms with Crippen molar-refractivity contribution >= 4 is 58.5 Å². The molecule has 2 fully saturated rings. The molecule has 2 aliphatic heterocycles. The van der Waals surface area contributed by atoms with Gasteiger partial charge in [0.2, 0.25) is 5.91 Å². The van der Waals surface area contributed by atoms with Gasteiger partial charge in [0.25, 0.3) is 12.4 Å². The molecule has 6 rings (SSSR count). The van der Waals surface area contributed by atoms with E-state index in [9.17, 15) is 19.2 Å². The molecule has 2 aliphatic rings. The summed E-state index contributed by atoms with van der Waals surface area (Å²) in [5.41, 5.74) is 9.51. The van der Waals surface area contributed by atoms with Crippen molar-refractivity contribution in [3.05, 3.63) is 58.2 Å². The molecule has 0 radical (unpaired) electrons. The topological polar surface area (TPSA) is 160 Å². The highest BCUT2D eigenvalue weighted by atomic mass is 32.2. The number of aromatic nitrogens is 3. The van der Waals surface area contributed by atoms with E-state index in [1.165, 1.54) is 27.6 Å². The van der Waals surface area contributed by atoms with Gasteiger partial charge >= 0.3 is 6.03 Å². The maximum absolute atomic E-state index is 14.3. The van der Waals surface area contributed by atoms with Gasteiger partial charge in [-0.25, -0.2) is 15.2 Å².